The molecular weight excluding hydrogens is 268 g/mol. The Morgan fingerprint density at radius 3 is 3.10 bits per heavy atom. The zero-order chi connectivity index (χ0) is 13.9. The first kappa shape index (κ1) is 13.7. The highest BCUT2D eigenvalue weighted by Gasteiger charge is 2.38. The number of amides is 1. The molecule has 1 saturated heterocycles. The van der Waals surface area contributed by atoms with Crippen molar-refractivity contribution >= 4 is 17.2 Å². The molecule has 1 saturated carbocycles. The second-order valence-electron chi connectivity index (χ2n) is 5.60. The maximum Gasteiger partial charge on any atom is 0.255 e. The van der Waals surface area contributed by atoms with Crippen LogP contribution < -0.4 is 5.73 Å². The highest BCUT2D eigenvalue weighted by Crippen LogP contribution is 2.37. The van der Waals surface area contributed by atoms with Crippen LogP contribution in [-0.2, 0) is 0 Å². The van der Waals surface area contributed by atoms with Crippen LogP contribution in [0.1, 0.15) is 47.3 Å². The Kier molecular flexibility index (Phi) is 4.09. The third-order valence-corrected chi connectivity index (χ3v) is 5.28. The van der Waals surface area contributed by atoms with Gasteiger partial charge in [-0.2, -0.15) is 0 Å². The van der Waals surface area contributed by atoms with Gasteiger partial charge in [0.15, 0.2) is 0 Å². The van der Waals surface area contributed by atoms with Gasteiger partial charge in [-0.1, -0.05) is 24.7 Å². The number of hydrogen-bond donors (Lipinski definition) is 1. The Morgan fingerprint density at radius 2 is 2.25 bits per heavy atom. The van der Waals surface area contributed by atoms with Gasteiger partial charge >= 0.3 is 0 Å². The molecule has 0 aromatic carbocycles. The predicted molar refractivity (Wildman–Crippen MR) is 81.7 cm³/mol. The first-order valence-corrected chi connectivity index (χ1v) is 8.26. The maximum absolute atomic E-state index is 12.6. The minimum atomic E-state index is 0.191. The molecule has 3 rings (SSSR count). The fourth-order valence-electron chi connectivity index (χ4n) is 3.48. The quantitative estimate of drug-likeness (QED) is 0.807. The van der Waals surface area contributed by atoms with Gasteiger partial charge in [-0.25, -0.2) is 0 Å². The van der Waals surface area contributed by atoms with E-state index in [0.717, 1.165) is 22.9 Å². The van der Waals surface area contributed by atoms with Crippen LogP contribution in [0.5, 0.6) is 0 Å². The molecule has 2 N–H and O–H groups in total. The summed E-state index contributed by atoms with van der Waals surface area (Å²) < 4.78 is 0. The fraction of sp³-hybridized carbons (Fsp3) is 0.562. The Labute approximate surface area is 124 Å². The number of nitrogens with two attached hydrogens (primary N) is 1. The molecule has 2 heterocycles. The number of likely N-dealkylation sites (tertiary alicyclic amines) is 1. The summed E-state index contributed by atoms with van der Waals surface area (Å²) in [7, 11) is 0. The summed E-state index contributed by atoms with van der Waals surface area (Å²) in [6.45, 7) is 1.28. The van der Waals surface area contributed by atoms with Crippen molar-refractivity contribution in [3.05, 3.63) is 21.9 Å². The molecule has 106 valence electrons. The van der Waals surface area contributed by atoms with Crippen molar-refractivity contribution in [1.29, 1.82) is 0 Å². The SMILES string of the molecule is NCC#Cc1cc(C(=O)N2CCC3CCCCC32)cs1. The van der Waals surface area contributed by atoms with E-state index in [1.54, 1.807) is 0 Å². The van der Waals surface area contributed by atoms with Crippen LogP contribution in [0.25, 0.3) is 0 Å². The maximum atomic E-state index is 12.6. The van der Waals surface area contributed by atoms with Crippen molar-refractivity contribution in [3.8, 4) is 11.8 Å². The molecule has 3 nitrogen and oxygen atoms in total. The molecule has 1 aromatic heterocycles. The Morgan fingerprint density at radius 1 is 1.40 bits per heavy atom. The van der Waals surface area contributed by atoms with Crippen LogP contribution in [0.3, 0.4) is 0 Å². The van der Waals surface area contributed by atoms with E-state index in [-0.39, 0.29) is 5.91 Å². The molecule has 0 radical (unpaired) electrons. The summed E-state index contributed by atoms with van der Waals surface area (Å²) in [6.07, 6.45) is 6.26. The molecule has 2 unspecified atom stereocenters. The van der Waals surface area contributed by atoms with Crippen molar-refractivity contribution in [2.24, 2.45) is 11.7 Å². The van der Waals surface area contributed by atoms with Crippen LogP contribution in [0.4, 0.5) is 0 Å². The largest absolute Gasteiger partial charge is 0.335 e. The average molecular weight is 288 g/mol. The third kappa shape index (κ3) is 2.61. The normalized spacial score (nSPS) is 24.9. The van der Waals surface area contributed by atoms with Crippen molar-refractivity contribution < 1.29 is 4.79 Å². The van der Waals surface area contributed by atoms with Gasteiger partial charge < -0.3 is 10.6 Å². The molecule has 4 heteroatoms. The first-order valence-electron chi connectivity index (χ1n) is 7.38. The second kappa shape index (κ2) is 5.99. The van der Waals surface area contributed by atoms with E-state index in [4.69, 9.17) is 5.73 Å². The number of nitrogens with zero attached hydrogens (tertiary/aromatic N) is 1. The van der Waals surface area contributed by atoms with Crippen molar-refractivity contribution in [3.63, 3.8) is 0 Å². The topological polar surface area (TPSA) is 46.3 Å². The summed E-state index contributed by atoms with van der Waals surface area (Å²) in [6, 6.07) is 2.39. The lowest BCUT2D eigenvalue weighted by Gasteiger charge is -2.31. The van der Waals surface area contributed by atoms with E-state index in [9.17, 15) is 4.79 Å². The van der Waals surface area contributed by atoms with Gasteiger partial charge in [-0.3, -0.25) is 4.79 Å². The van der Waals surface area contributed by atoms with Crippen molar-refractivity contribution in [2.45, 2.75) is 38.1 Å². The summed E-state index contributed by atoms with van der Waals surface area (Å²) in [5.74, 6) is 6.76. The van der Waals surface area contributed by atoms with E-state index < -0.39 is 0 Å². The highest BCUT2D eigenvalue weighted by molar-refractivity contribution is 7.10. The summed E-state index contributed by atoms with van der Waals surface area (Å²) in [4.78, 5) is 15.7. The van der Waals surface area contributed by atoms with E-state index in [1.807, 2.05) is 11.4 Å². The fourth-order valence-corrected chi connectivity index (χ4v) is 4.22. The molecule has 1 amide bonds. The van der Waals surface area contributed by atoms with Gasteiger partial charge in [0, 0.05) is 18.0 Å². The predicted octanol–water partition coefficient (Wildman–Crippen LogP) is 2.46. The first-order chi connectivity index (χ1) is 9.79. The number of hydrogen-bond acceptors (Lipinski definition) is 3. The van der Waals surface area contributed by atoms with Crippen LogP contribution in [0, 0.1) is 17.8 Å². The average Bonchev–Trinajstić information content (AvgIpc) is 3.11. The van der Waals surface area contributed by atoms with E-state index >= 15 is 0 Å². The lowest BCUT2D eigenvalue weighted by molar-refractivity contribution is 0.0690. The van der Waals surface area contributed by atoms with E-state index in [1.165, 1.54) is 43.4 Å². The number of fused-ring (bicyclic) bond motifs is 1. The zero-order valence-electron chi connectivity index (χ0n) is 11.6. The van der Waals surface area contributed by atoms with E-state index in [2.05, 4.69) is 16.7 Å². The van der Waals surface area contributed by atoms with E-state index in [0.29, 0.717) is 12.6 Å². The minimum absolute atomic E-state index is 0.191. The Bertz CT molecular complexity index is 554. The van der Waals surface area contributed by atoms with Gasteiger partial charge in [-0.05, 0) is 31.2 Å². The Hall–Kier alpha value is -1.31. The van der Waals surface area contributed by atoms with Gasteiger partial charge in [0.2, 0.25) is 0 Å². The molecule has 1 aromatic rings. The lowest BCUT2D eigenvalue weighted by Crippen LogP contribution is -2.39. The van der Waals surface area contributed by atoms with Crippen LogP contribution in [0.2, 0.25) is 0 Å². The summed E-state index contributed by atoms with van der Waals surface area (Å²) in [5.41, 5.74) is 6.17. The van der Waals surface area contributed by atoms with Crippen LogP contribution in [0.15, 0.2) is 11.4 Å². The standard InChI is InChI=1S/C16H20N2OS/c17-8-3-5-14-10-13(11-20-14)16(19)18-9-7-12-4-1-2-6-15(12)18/h10-12,15H,1-2,4,6-9,17H2. The highest BCUT2D eigenvalue weighted by atomic mass is 32.1. The zero-order valence-corrected chi connectivity index (χ0v) is 12.4. The van der Waals surface area contributed by atoms with Crippen molar-refractivity contribution in [2.75, 3.05) is 13.1 Å². The van der Waals surface area contributed by atoms with Gasteiger partial charge in [0.1, 0.15) is 0 Å². The van der Waals surface area contributed by atoms with Gasteiger partial charge in [0.25, 0.3) is 5.91 Å². The molecule has 1 aliphatic carbocycles. The summed E-state index contributed by atoms with van der Waals surface area (Å²) >= 11 is 1.53. The second-order valence-corrected chi connectivity index (χ2v) is 6.52. The minimum Gasteiger partial charge on any atom is -0.335 e. The molecule has 2 atom stereocenters. The van der Waals surface area contributed by atoms with Gasteiger partial charge in [-0.15, -0.1) is 11.3 Å². The number of carbonyl (C=O) groups is 1. The number of thiophene rings is 1. The molecule has 0 spiro atoms. The third-order valence-electron chi connectivity index (χ3n) is 4.43. The van der Waals surface area contributed by atoms with Crippen LogP contribution in [-0.4, -0.2) is 29.9 Å². The molecule has 20 heavy (non-hydrogen) atoms. The number of carbonyl (C=O) groups excluding carboxylic acids is 1. The molecule has 2 fully saturated rings. The van der Waals surface area contributed by atoms with Crippen LogP contribution >= 0.6 is 11.3 Å². The molecule has 1 aliphatic heterocycles. The molecule has 2 aliphatic rings. The van der Waals surface area contributed by atoms with Gasteiger partial charge in [0.05, 0.1) is 17.0 Å². The lowest BCUT2D eigenvalue weighted by atomic mass is 9.85. The Balaban J connectivity index is 1.74. The molecule has 0 bridgehead atoms. The smallest absolute Gasteiger partial charge is 0.255 e. The molecular formula is C16H20N2OS. The summed E-state index contributed by atoms with van der Waals surface area (Å²) in [5, 5.41) is 1.93. The monoisotopic (exact) mass is 288 g/mol. The number of rotatable bonds is 1. The van der Waals surface area contributed by atoms with Crippen molar-refractivity contribution in [1.82, 2.24) is 4.90 Å².